The second kappa shape index (κ2) is 8.26. The maximum atomic E-state index is 11.8. The number of benzene rings is 2. The Balaban J connectivity index is 1.50. The lowest BCUT2D eigenvalue weighted by atomic mass is 10.3. The minimum Gasteiger partial charge on any atom is -0.497 e. The lowest BCUT2D eigenvalue weighted by Crippen LogP contribution is -2.20. The Labute approximate surface area is 154 Å². The number of fused-ring (bicyclic) bond motifs is 1. The Bertz CT molecular complexity index is 932. The number of nitrogens with one attached hydrogen (secondary N) is 1. The van der Waals surface area contributed by atoms with Crippen molar-refractivity contribution in [1.29, 1.82) is 0 Å². The summed E-state index contributed by atoms with van der Waals surface area (Å²) in [6, 6.07) is 14.6. The van der Waals surface area contributed by atoms with Crippen LogP contribution in [0.5, 0.6) is 5.75 Å². The van der Waals surface area contributed by atoms with Gasteiger partial charge >= 0.3 is 5.97 Å². The van der Waals surface area contributed by atoms with E-state index >= 15 is 0 Å². The molecular weight excluding hydrogens is 352 g/mol. The van der Waals surface area contributed by atoms with Gasteiger partial charge in [-0.15, -0.1) is 11.3 Å². The fourth-order valence-electron chi connectivity index (χ4n) is 2.18. The van der Waals surface area contributed by atoms with Crippen molar-refractivity contribution in [3.63, 3.8) is 0 Å². The number of rotatable bonds is 6. The Morgan fingerprint density at radius 3 is 2.85 bits per heavy atom. The highest BCUT2D eigenvalue weighted by atomic mass is 32.1. The van der Waals surface area contributed by atoms with Gasteiger partial charge in [-0.2, -0.15) is 0 Å². The molecule has 1 aromatic heterocycles. The Morgan fingerprint density at radius 2 is 2.04 bits per heavy atom. The number of anilines is 1. The number of methoxy groups -OCH3 is 1. The average molecular weight is 368 g/mol. The van der Waals surface area contributed by atoms with Crippen molar-refractivity contribution in [2.75, 3.05) is 19.0 Å². The van der Waals surface area contributed by atoms with Gasteiger partial charge < -0.3 is 14.8 Å². The van der Waals surface area contributed by atoms with Gasteiger partial charge in [-0.25, -0.2) is 9.78 Å². The Hall–Kier alpha value is -3.19. The molecule has 2 aromatic carbocycles. The van der Waals surface area contributed by atoms with Crippen molar-refractivity contribution >= 4 is 45.2 Å². The standard InChI is InChI=1S/C19H16N2O4S/c1-24-14-6-4-5-13(11-14)20-17(22)12-25-19(23)10-9-18-21-15-7-2-3-8-16(15)26-18/h2-11H,12H2,1H3,(H,20,22). The van der Waals surface area contributed by atoms with Crippen LogP contribution in [0.2, 0.25) is 0 Å². The predicted molar refractivity (Wildman–Crippen MR) is 101 cm³/mol. The van der Waals surface area contributed by atoms with E-state index in [-0.39, 0.29) is 6.61 Å². The van der Waals surface area contributed by atoms with Gasteiger partial charge in [-0.05, 0) is 30.3 Å². The third kappa shape index (κ3) is 4.67. The average Bonchev–Trinajstić information content (AvgIpc) is 3.08. The number of ether oxygens (including phenoxy) is 2. The lowest BCUT2D eigenvalue weighted by molar-refractivity contribution is -0.142. The van der Waals surface area contributed by atoms with E-state index in [1.807, 2.05) is 24.3 Å². The molecule has 0 spiro atoms. The first-order valence-corrected chi connectivity index (χ1v) is 8.60. The molecule has 0 saturated heterocycles. The van der Waals surface area contributed by atoms with E-state index in [9.17, 15) is 9.59 Å². The number of thiazole rings is 1. The van der Waals surface area contributed by atoms with Gasteiger partial charge in [0.2, 0.25) is 0 Å². The third-order valence-corrected chi connectivity index (χ3v) is 4.37. The van der Waals surface area contributed by atoms with Crippen LogP contribution in [0.25, 0.3) is 16.3 Å². The molecule has 0 unspecified atom stereocenters. The van der Waals surface area contributed by atoms with Crippen LogP contribution in [0, 0.1) is 0 Å². The second-order valence-corrected chi connectivity index (χ2v) is 6.30. The topological polar surface area (TPSA) is 77.5 Å². The highest BCUT2D eigenvalue weighted by Gasteiger charge is 2.07. The monoisotopic (exact) mass is 368 g/mol. The molecule has 0 atom stereocenters. The van der Waals surface area contributed by atoms with Crippen LogP contribution in [0.1, 0.15) is 5.01 Å². The summed E-state index contributed by atoms with van der Waals surface area (Å²) in [4.78, 5) is 28.0. The quantitative estimate of drug-likeness (QED) is 0.532. The molecule has 1 heterocycles. The zero-order chi connectivity index (χ0) is 18.4. The van der Waals surface area contributed by atoms with Gasteiger partial charge in [-0.1, -0.05) is 18.2 Å². The summed E-state index contributed by atoms with van der Waals surface area (Å²) in [5.74, 6) is -0.413. The van der Waals surface area contributed by atoms with Crippen LogP contribution < -0.4 is 10.1 Å². The van der Waals surface area contributed by atoms with Crippen molar-refractivity contribution in [3.05, 3.63) is 59.6 Å². The van der Waals surface area contributed by atoms with Crippen molar-refractivity contribution in [2.45, 2.75) is 0 Å². The molecule has 26 heavy (non-hydrogen) atoms. The molecule has 1 amide bonds. The number of amides is 1. The number of nitrogens with zero attached hydrogens (tertiary/aromatic N) is 1. The number of carbonyl (C=O) groups is 2. The van der Waals surface area contributed by atoms with Gasteiger partial charge in [0.1, 0.15) is 10.8 Å². The molecular formula is C19H16N2O4S. The highest BCUT2D eigenvalue weighted by molar-refractivity contribution is 7.19. The van der Waals surface area contributed by atoms with E-state index in [1.54, 1.807) is 37.5 Å². The molecule has 3 rings (SSSR count). The summed E-state index contributed by atoms with van der Waals surface area (Å²) in [5.41, 5.74) is 1.44. The van der Waals surface area contributed by atoms with Crippen LogP contribution in [0.3, 0.4) is 0 Å². The smallest absolute Gasteiger partial charge is 0.331 e. The normalized spacial score (nSPS) is 10.8. The summed E-state index contributed by atoms with van der Waals surface area (Å²) in [7, 11) is 1.54. The van der Waals surface area contributed by atoms with E-state index in [0.717, 1.165) is 10.2 Å². The molecule has 1 N–H and O–H groups in total. The molecule has 7 heteroatoms. The van der Waals surface area contributed by atoms with Gasteiger partial charge in [0.25, 0.3) is 5.91 Å². The molecule has 0 aliphatic carbocycles. The molecule has 6 nitrogen and oxygen atoms in total. The van der Waals surface area contributed by atoms with E-state index in [2.05, 4.69) is 10.3 Å². The van der Waals surface area contributed by atoms with Crippen molar-refractivity contribution in [3.8, 4) is 5.75 Å². The maximum absolute atomic E-state index is 11.8. The summed E-state index contributed by atoms with van der Waals surface area (Å²) >= 11 is 1.47. The van der Waals surface area contributed by atoms with Gasteiger partial charge in [0.05, 0.1) is 17.3 Å². The fraction of sp³-hybridized carbons (Fsp3) is 0.105. The lowest BCUT2D eigenvalue weighted by Gasteiger charge is -2.06. The predicted octanol–water partition coefficient (Wildman–Crippen LogP) is 3.50. The van der Waals surface area contributed by atoms with Crippen LogP contribution in [-0.2, 0) is 14.3 Å². The first kappa shape index (κ1) is 17.6. The van der Waals surface area contributed by atoms with E-state index in [4.69, 9.17) is 9.47 Å². The first-order chi connectivity index (χ1) is 12.6. The second-order valence-electron chi connectivity index (χ2n) is 5.24. The van der Waals surface area contributed by atoms with Crippen LogP contribution in [-0.4, -0.2) is 30.6 Å². The number of para-hydroxylation sites is 1. The number of esters is 1. The van der Waals surface area contributed by atoms with Crippen LogP contribution >= 0.6 is 11.3 Å². The maximum Gasteiger partial charge on any atom is 0.331 e. The minimum absolute atomic E-state index is 0.375. The zero-order valence-corrected chi connectivity index (χ0v) is 14.8. The summed E-state index contributed by atoms with van der Waals surface area (Å²) in [6.45, 7) is -0.375. The van der Waals surface area contributed by atoms with E-state index in [0.29, 0.717) is 16.4 Å². The van der Waals surface area contributed by atoms with Crippen molar-refractivity contribution in [2.24, 2.45) is 0 Å². The Morgan fingerprint density at radius 1 is 1.19 bits per heavy atom. The minimum atomic E-state index is -0.606. The molecule has 3 aromatic rings. The first-order valence-electron chi connectivity index (χ1n) is 7.78. The van der Waals surface area contributed by atoms with Crippen LogP contribution in [0.4, 0.5) is 5.69 Å². The van der Waals surface area contributed by atoms with E-state index in [1.165, 1.54) is 17.4 Å². The number of aromatic nitrogens is 1. The molecule has 0 aliphatic rings. The summed E-state index contributed by atoms with van der Waals surface area (Å²) in [5, 5.41) is 3.33. The number of hydrogen-bond donors (Lipinski definition) is 1. The van der Waals surface area contributed by atoms with Gasteiger partial charge in [-0.3, -0.25) is 4.79 Å². The molecule has 0 radical (unpaired) electrons. The van der Waals surface area contributed by atoms with Crippen molar-refractivity contribution < 1.29 is 19.1 Å². The SMILES string of the molecule is COc1cccc(NC(=O)COC(=O)C=Cc2nc3ccccc3s2)c1. The third-order valence-electron chi connectivity index (χ3n) is 3.37. The number of carbonyl (C=O) groups excluding carboxylic acids is 2. The zero-order valence-electron chi connectivity index (χ0n) is 14.0. The van der Waals surface area contributed by atoms with Gasteiger partial charge in [0, 0.05) is 17.8 Å². The molecule has 0 aliphatic heterocycles. The molecule has 0 bridgehead atoms. The number of hydrogen-bond acceptors (Lipinski definition) is 6. The highest BCUT2D eigenvalue weighted by Crippen LogP contribution is 2.22. The van der Waals surface area contributed by atoms with E-state index < -0.39 is 11.9 Å². The van der Waals surface area contributed by atoms with Crippen LogP contribution in [0.15, 0.2) is 54.6 Å². The summed E-state index contributed by atoms with van der Waals surface area (Å²) in [6.07, 6.45) is 2.84. The molecule has 132 valence electrons. The van der Waals surface area contributed by atoms with Crippen molar-refractivity contribution in [1.82, 2.24) is 4.98 Å². The summed E-state index contributed by atoms with van der Waals surface area (Å²) < 4.78 is 11.1. The van der Waals surface area contributed by atoms with Gasteiger partial charge in [0.15, 0.2) is 6.61 Å². The fourth-order valence-corrected chi connectivity index (χ4v) is 3.05. The molecule has 0 fully saturated rings. The largest absolute Gasteiger partial charge is 0.497 e. The Kier molecular flexibility index (Phi) is 5.60. The molecule has 0 saturated carbocycles.